The third kappa shape index (κ3) is 23.5. The quantitative estimate of drug-likeness (QED) is 0.0507. The summed E-state index contributed by atoms with van der Waals surface area (Å²) < 4.78 is 87.9. The number of carboxylic acids is 1. The molecule has 4 fully saturated rings. The molecule has 99 heavy (non-hydrogen) atoms. The second-order valence-corrected chi connectivity index (χ2v) is 27.2. The summed E-state index contributed by atoms with van der Waals surface area (Å²) >= 11 is 36.8. The molecule has 0 aromatic heterocycles. The lowest BCUT2D eigenvalue weighted by atomic mass is 10.00. The summed E-state index contributed by atoms with van der Waals surface area (Å²) in [6.45, 7) is 4.81. The molecule has 0 bridgehead atoms. The number of carbonyl (C=O) groups excluding carboxylic acids is 1. The van der Waals surface area contributed by atoms with Gasteiger partial charge in [-0.15, -0.1) is 0 Å². The van der Waals surface area contributed by atoms with E-state index >= 15 is 0 Å². The van der Waals surface area contributed by atoms with Gasteiger partial charge in [-0.25, -0.2) is 22.0 Å². The van der Waals surface area contributed by atoms with Crippen molar-refractivity contribution in [3.63, 3.8) is 0 Å². The molecule has 4 N–H and O–H groups in total. The van der Waals surface area contributed by atoms with E-state index < -0.39 is 23.9 Å². The molecule has 1 saturated carbocycles. The van der Waals surface area contributed by atoms with E-state index in [-0.39, 0.29) is 57.9 Å². The van der Waals surface area contributed by atoms with E-state index in [2.05, 4.69) is 47.0 Å². The third-order valence-electron chi connectivity index (χ3n) is 15.9. The van der Waals surface area contributed by atoms with Crippen LogP contribution < -0.4 is 34.1 Å². The zero-order valence-corrected chi connectivity index (χ0v) is 59.6. The summed E-state index contributed by atoms with van der Waals surface area (Å²) in [6.07, 6.45) is 4.89. The smallest absolute Gasteiger partial charge is 0.308 e. The van der Waals surface area contributed by atoms with E-state index in [1.54, 1.807) is 66.7 Å². The Hall–Kier alpha value is -7.50. The Balaban J connectivity index is 0.000000169. The number of phenols is 1. The Morgan fingerprint density at radius 3 is 1.36 bits per heavy atom. The number of benzene rings is 9. The number of halogens is 12. The molecule has 0 radical (unpaired) electrons. The van der Waals surface area contributed by atoms with Crippen LogP contribution >= 0.6 is 89.9 Å². The third-order valence-corrected chi connectivity index (χ3v) is 18.4. The van der Waals surface area contributed by atoms with E-state index in [0.717, 1.165) is 54.6 Å². The Kier molecular flexibility index (Phi) is 28.1. The Labute approximate surface area is 611 Å². The number of hydrogen-bond acceptors (Lipinski definition) is 11. The molecular formula is C74H66Br2Cl5F5N4O9. The number of nitrogens with one attached hydrogen (secondary N) is 1. The molecule has 9 aromatic rings. The maximum absolute atomic E-state index is 13.6. The van der Waals surface area contributed by atoms with Crippen molar-refractivity contribution < 1.29 is 65.8 Å². The van der Waals surface area contributed by atoms with Crippen LogP contribution in [0.3, 0.4) is 0 Å². The largest absolute Gasteiger partial charge is 0.508 e. The highest BCUT2D eigenvalue weighted by Crippen LogP contribution is 2.39. The van der Waals surface area contributed by atoms with E-state index in [1.807, 2.05) is 41.3 Å². The van der Waals surface area contributed by atoms with Gasteiger partial charge in [-0.2, -0.15) is 0 Å². The summed E-state index contributed by atoms with van der Waals surface area (Å²) in [6, 6.07) is 47.7. The van der Waals surface area contributed by atoms with Crippen molar-refractivity contribution in [2.45, 2.75) is 56.8 Å². The Morgan fingerprint density at radius 2 is 0.929 bits per heavy atom. The number of rotatable bonds is 17. The van der Waals surface area contributed by atoms with Crippen molar-refractivity contribution in [1.29, 1.82) is 0 Å². The van der Waals surface area contributed by atoms with Crippen LogP contribution in [-0.2, 0) is 9.59 Å². The van der Waals surface area contributed by atoms with E-state index in [4.69, 9.17) is 87.2 Å². The van der Waals surface area contributed by atoms with Crippen molar-refractivity contribution >= 4 is 113 Å². The van der Waals surface area contributed by atoms with Gasteiger partial charge in [0.25, 0.3) is 0 Å². The van der Waals surface area contributed by atoms with Gasteiger partial charge in [-0.05, 0) is 227 Å². The second kappa shape index (κ2) is 36.7. The van der Waals surface area contributed by atoms with Crippen LogP contribution in [0.15, 0.2) is 197 Å². The van der Waals surface area contributed by atoms with Crippen LogP contribution in [0.25, 0.3) is 0 Å². The van der Waals surface area contributed by atoms with Gasteiger partial charge in [0.2, 0.25) is 5.91 Å². The predicted molar refractivity (Wildman–Crippen MR) is 385 cm³/mol. The Bertz CT molecular complexity index is 4130. The number of hydrogen-bond donors (Lipinski definition) is 4. The van der Waals surface area contributed by atoms with Crippen molar-refractivity contribution in [2.75, 3.05) is 55.6 Å². The van der Waals surface area contributed by atoms with Crippen LogP contribution in [0.1, 0.15) is 50.2 Å². The molecule has 0 spiro atoms. The number of nitrogens with zero attached hydrogens (tertiary/aromatic N) is 3. The van der Waals surface area contributed by atoms with Crippen molar-refractivity contribution in [2.24, 2.45) is 11.8 Å². The number of phenolic OH excluding ortho intramolecular Hbond substituents is 1. The number of anilines is 2. The fourth-order valence-electron chi connectivity index (χ4n) is 10.5. The Morgan fingerprint density at radius 1 is 0.495 bits per heavy atom. The van der Waals surface area contributed by atoms with Gasteiger partial charge in [0.1, 0.15) is 81.2 Å². The minimum Gasteiger partial charge on any atom is -0.508 e. The highest BCUT2D eigenvalue weighted by molar-refractivity contribution is 9.10. The minimum atomic E-state index is -0.919. The molecule has 4 aliphatic rings. The molecule has 13 rings (SSSR count). The lowest BCUT2D eigenvalue weighted by Crippen LogP contribution is -2.48. The molecule has 1 amide bonds. The van der Waals surface area contributed by atoms with Crippen LogP contribution in [0.2, 0.25) is 25.1 Å². The van der Waals surface area contributed by atoms with Crippen LogP contribution in [-0.4, -0.2) is 90.1 Å². The summed E-state index contributed by atoms with van der Waals surface area (Å²) in [4.78, 5) is 31.1. The first-order chi connectivity index (χ1) is 47.5. The van der Waals surface area contributed by atoms with Gasteiger partial charge >= 0.3 is 5.97 Å². The number of carboxylic acid groups (broad SMARTS) is 1. The zero-order valence-electron chi connectivity index (χ0n) is 52.6. The first-order valence-corrected chi connectivity index (χ1v) is 34.8. The average Bonchev–Trinajstić information content (AvgIpc) is 1.78. The minimum absolute atomic E-state index is 0.0812. The van der Waals surface area contributed by atoms with E-state index in [1.165, 1.54) is 84.9 Å². The first-order valence-electron chi connectivity index (χ1n) is 31.3. The predicted octanol–water partition coefficient (Wildman–Crippen LogP) is 20.6. The second-order valence-electron chi connectivity index (χ2n) is 23.3. The lowest BCUT2D eigenvalue weighted by molar-refractivity contribution is -0.141. The summed E-state index contributed by atoms with van der Waals surface area (Å²) in [5.41, 5.74) is 2.39. The van der Waals surface area contributed by atoms with Crippen LogP contribution in [0.4, 0.5) is 33.3 Å². The number of ether oxygens (including phenoxy) is 4. The number of likely N-dealkylation sites (tertiary alicyclic amines) is 1. The SMILES string of the molecule is Fc1cc(Br)ccc1Cl.Fc1ccc(Oc2cc(Br)ccc2Cl)cc1.O=C(N[C@H](CN1CCCC1)[C@H](O)c1ccc(OC2CC2)c(Cl)c1)[C@@H]1CCN(c2ccc(Cl)c(Oc3ccc(F)cc3)c2)C1.O=C(O)[C@@H]1CCN(c2ccc(Cl)c(Oc3ccc(F)cc3)c2)C1.Oc1ccc(F)cc1. The molecule has 13 nitrogen and oxygen atoms in total. The molecule has 1 aliphatic carbocycles. The van der Waals surface area contributed by atoms with Gasteiger partial charge < -0.3 is 54.3 Å². The number of amides is 1. The topological polar surface area (TPSA) is 153 Å². The van der Waals surface area contributed by atoms with Crippen molar-refractivity contribution in [3.8, 4) is 46.0 Å². The first kappa shape index (κ1) is 75.7. The summed E-state index contributed by atoms with van der Waals surface area (Å²) in [5, 5.41) is 34.3. The van der Waals surface area contributed by atoms with Crippen LogP contribution in [0, 0.1) is 40.9 Å². The number of aliphatic hydroxyl groups excluding tert-OH is 1. The fraction of sp³-hybridized carbons (Fsp3) is 0.243. The zero-order chi connectivity index (χ0) is 70.7. The van der Waals surface area contributed by atoms with Gasteiger partial charge in [0.15, 0.2) is 0 Å². The van der Waals surface area contributed by atoms with Crippen molar-refractivity contribution in [3.05, 3.63) is 257 Å². The van der Waals surface area contributed by atoms with Gasteiger partial charge in [0.05, 0.1) is 49.1 Å². The molecular weight excluding hydrogens is 1520 g/mol. The molecule has 520 valence electrons. The number of aliphatic hydroxyl groups is 1. The standard InChI is InChI=1S/C33H36Cl2FN3O4.C17H15ClFNO3.C12H7BrClFO.C6H3BrClF.C6H5FO/c34-27-11-6-24(18-31(27)43-25-7-4-23(36)5-8-25)39-16-13-22(19-39)33(41)37-29(20-38-14-1-2-15-38)32(40)21-3-12-30(28(35)17-21)42-26-9-10-26;18-15-6-3-13(20-8-7-11(10-20)17(21)22)9-16(15)23-14-4-1-12(19)2-5-14;13-8-1-6-11(14)12(7-8)16-10-4-2-9(15)3-5-10;7-4-1-2-5(8)6(9)3-4;7-5-1-3-6(8)4-2-5/h3-8,11-12,17-18,22,26,29,32,40H,1-2,9-10,13-16,19-20H2,(H,37,41);1-6,9,11H,7-8,10H2,(H,21,22);1-7H;1-3H;1-4,8H/t22-,29-,32-;11-;;;/m11.../s1. The average molecular weight is 1590 g/mol. The number of carbonyl (C=O) groups is 2. The maximum Gasteiger partial charge on any atom is 0.308 e. The van der Waals surface area contributed by atoms with Crippen LogP contribution in [0.5, 0.6) is 46.0 Å². The van der Waals surface area contributed by atoms with E-state index in [0.29, 0.717) is 116 Å². The monoisotopic (exact) mass is 1580 g/mol. The van der Waals surface area contributed by atoms with Gasteiger partial charge in [0, 0.05) is 65.2 Å². The van der Waals surface area contributed by atoms with Gasteiger partial charge in [-0.1, -0.05) is 95.9 Å². The van der Waals surface area contributed by atoms with Crippen molar-refractivity contribution in [1.82, 2.24) is 10.2 Å². The highest BCUT2D eigenvalue weighted by atomic mass is 79.9. The highest BCUT2D eigenvalue weighted by Gasteiger charge is 2.34. The normalized spacial score (nSPS) is 16.1. The molecule has 4 atom stereocenters. The molecule has 9 aromatic carbocycles. The summed E-state index contributed by atoms with van der Waals surface area (Å²) in [7, 11) is 0. The summed E-state index contributed by atoms with van der Waals surface area (Å²) in [5.74, 6) is 0.495. The number of aliphatic carboxylic acids is 1. The maximum atomic E-state index is 13.6. The molecule has 3 saturated heterocycles. The molecule has 3 heterocycles. The molecule has 3 aliphatic heterocycles. The fourth-order valence-corrected chi connectivity index (χ4v) is 12.0. The molecule has 25 heteroatoms. The number of aromatic hydroxyl groups is 1. The lowest BCUT2D eigenvalue weighted by Gasteiger charge is -2.30. The van der Waals surface area contributed by atoms with E-state index in [9.17, 15) is 36.6 Å². The van der Waals surface area contributed by atoms with Gasteiger partial charge in [-0.3, -0.25) is 9.59 Å². The molecule has 0 unspecified atom stereocenters.